The van der Waals surface area contributed by atoms with Crippen LogP contribution >= 0.6 is 0 Å². The molecule has 0 heterocycles. The Bertz CT molecular complexity index is 967. The maximum atomic E-state index is 12.5. The first-order valence-electron chi connectivity index (χ1n) is 8.72. The third-order valence-electron chi connectivity index (χ3n) is 4.15. The van der Waals surface area contributed by atoms with E-state index in [-0.39, 0.29) is 28.5 Å². The molecule has 0 aliphatic rings. The van der Waals surface area contributed by atoms with Gasteiger partial charge in [0.1, 0.15) is 0 Å². The number of nitrogens with zero attached hydrogens (tertiary/aromatic N) is 1. The van der Waals surface area contributed by atoms with Gasteiger partial charge in [0.15, 0.2) is 11.5 Å². The Morgan fingerprint density at radius 2 is 1.77 bits per heavy atom. The van der Waals surface area contributed by atoms with E-state index in [2.05, 4.69) is 10.1 Å². The van der Waals surface area contributed by atoms with Gasteiger partial charge < -0.3 is 14.8 Å². The largest absolute Gasteiger partial charge is 0.493 e. The van der Waals surface area contributed by atoms with Gasteiger partial charge in [0.25, 0.3) is 15.9 Å². The van der Waals surface area contributed by atoms with Crippen LogP contribution in [0.3, 0.4) is 0 Å². The van der Waals surface area contributed by atoms with Gasteiger partial charge >= 0.3 is 6.61 Å². The Morgan fingerprint density at radius 3 is 2.33 bits per heavy atom. The van der Waals surface area contributed by atoms with Crippen molar-refractivity contribution in [1.29, 1.82) is 0 Å². The molecule has 1 N–H and O–H groups in total. The maximum Gasteiger partial charge on any atom is 0.387 e. The molecule has 2 aromatic rings. The lowest BCUT2D eigenvalue weighted by atomic mass is 10.1. The second kappa shape index (κ2) is 10.3. The lowest BCUT2D eigenvalue weighted by molar-refractivity contribution is -0.0512. The van der Waals surface area contributed by atoms with Crippen LogP contribution in [0.25, 0.3) is 0 Å². The molecule has 164 valence electrons. The number of methoxy groups -OCH3 is 1. The average molecular weight is 444 g/mol. The molecule has 0 fully saturated rings. The summed E-state index contributed by atoms with van der Waals surface area (Å²) in [6, 6.07) is 9.97. The number of ether oxygens (including phenoxy) is 2. The van der Waals surface area contributed by atoms with E-state index < -0.39 is 22.5 Å². The van der Waals surface area contributed by atoms with Crippen LogP contribution in [0.2, 0.25) is 0 Å². The van der Waals surface area contributed by atoms with Crippen LogP contribution in [-0.2, 0) is 21.3 Å². The van der Waals surface area contributed by atoms with E-state index in [1.165, 1.54) is 57.7 Å². The lowest BCUT2D eigenvalue weighted by Gasteiger charge is -2.14. The summed E-state index contributed by atoms with van der Waals surface area (Å²) in [6.07, 6.45) is 0.362. The Hall–Kier alpha value is -2.76. The zero-order valence-corrected chi connectivity index (χ0v) is 17.4. The number of amides is 1. The fourth-order valence-electron chi connectivity index (χ4n) is 2.51. The monoisotopic (exact) mass is 444 g/mol. The third kappa shape index (κ3) is 5.88. The average Bonchev–Trinajstić information content (AvgIpc) is 2.72. The predicted molar refractivity (Wildman–Crippen MR) is 104 cm³/mol. The van der Waals surface area contributed by atoms with E-state index in [0.717, 1.165) is 0 Å². The van der Waals surface area contributed by atoms with Crippen molar-refractivity contribution in [2.24, 2.45) is 0 Å². The molecule has 1 amide bonds. The molecule has 11 heteroatoms. The Balaban J connectivity index is 1.98. The Kier molecular flexibility index (Phi) is 8.09. The number of alkyl halides is 2. The van der Waals surface area contributed by atoms with E-state index >= 15 is 0 Å². The molecule has 0 atom stereocenters. The number of benzene rings is 2. The first-order valence-corrected chi connectivity index (χ1v) is 10.2. The zero-order valence-electron chi connectivity index (χ0n) is 16.6. The van der Waals surface area contributed by atoms with Crippen molar-refractivity contribution < 1.29 is 36.3 Å². The second-order valence-electron chi connectivity index (χ2n) is 5.99. The van der Waals surface area contributed by atoms with Gasteiger partial charge in [0.2, 0.25) is 0 Å². The molecule has 0 aliphatic carbocycles. The van der Waals surface area contributed by atoms with Crippen molar-refractivity contribution >= 4 is 15.9 Å². The second-order valence-corrected chi connectivity index (χ2v) is 7.93. The molecule has 30 heavy (non-hydrogen) atoms. The fourth-order valence-corrected chi connectivity index (χ4v) is 3.49. The SMILES string of the molecule is COc1ccc(CCNC(=O)c2ccc(S(=O)(=O)N(C)OC)cc2)cc1OC(F)F. The minimum absolute atomic E-state index is 0.0202. The number of hydrogen-bond donors (Lipinski definition) is 1. The Morgan fingerprint density at radius 1 is 1.10 bits per heavy atom. The fraction of sp³-hybridized carbons (Fsp3) is 0.316. The van der Waals surface area contributed by atoms with Crippen molar-refractivity contribution in [1.82, 2.24) is 9.79 Å². The van der Waals surface area contributed by atoms with Crippen LogP contribution < -0.4 is 14.8 Å². The van der Waals surface area contributed by atoms with Gasteiger partial charge in [-0.15, -0.1) is 0 Å². The number of carbonyl (C=O) groups is 1. The van der Waals surface area contributed by atoms with Crippen molar-refractivity contribution in [3.8, 4) is 11.5 Å². The smallest absolute Gasteiger partial charge is 0.387 e. The first kappa shape index (κ1) is 23.5. The number of carbonyl (C=O) groups excluding carboxylic acids is 1. The van der Waals surface area contributed by atoms with Crippen molar-refractivity contribution in [3.63, 3.8) is 0 Å². The summed E-state index contributed by atoms with van der Waals surface area (Å²) in [5.74, 6) is -0.317. The molecule has 2 rings (SSSR count). The summed E-state index contributed by atoms with van der Waals surface area (Å²) in [5, 5.41) is 2.68. The lowest BCUT2D eigenvalue weighted by Crippen LogP contribution is -2.27. The molecule has 0 aromatic heterocycles. The van der Waals surface area contributed by atoms with Crippen LogP contribution in [0.15, 0.2) is 47.4 Å². The molecule has 0 radical (unpaired) electrons. The minimum Gasteiger partial charge on any atom is -0.493 e. The molecule has 0 unspecified atom stereocenters. The number of halogens is 2. The molecule has 0 spiro atoms. The summed E-state index contributed by atoms with van der Waals surface area (Å²) in [4.78, 5) is 16.9. The van der Waals surface area contributed by atoms with Crippen LogP contribution in [0.1, 0.15) is 15.9 Å². The van der Waals surface area contributed by atoms with Gasteiger partial charge in [-0.3, -0.25) is 9.63 Å². The summed E-state index contributed by atoms with van der Waals surface area (Å²) in [7, 11) is 0.0292. The van der Waals surface area contributed by atoms with Crippen molar-refractivity contribution in [3.05, 3.63) is 53.6 Å². The van der Waals surface area contributed by atoms with Gasteiger partial charge in [-0.2, -0.15) is 8.78 Å². The van der Waals surface area contributed by atoms with E-state index in [1.54, 1.807) is 6.07 Å². The number of nitrogens with one attached hydrogen (secondary N) is 1. The van der Waals surface area contributed by atoms with E-state index in [9.17, 15) is 22.0 Å². The molecule has 0 bridgehead atoms. The highest BCUT2D eigenvalue weighted by Crippen LogP contribution is 2.29. The quantitative estimate of drug-likeness (QED) is 0.566. The van der Waals surface area contributed by atoms with Crippen LogP contribution in [0.5, 0.6) is 11.5 Å². The summed E-state index contributed by atoms with van der Waals surface area (Å²) >= 11 is 0. The van der Waals surface area contributed by atoms with Crippen LogP contribution in [-0.4, -0.2) is 53.2 Å². The van der Waals surface area contributed by atoms with E-state index in [4.69, 9.17) is 9.57 Å². The van der Waals surface area contributed by atoms with Crippen LogP contribution in [0, 0.1) is 0 Å². The maximum absolute atomic E-state index is 12.5. The van der Waals surface area contributed by atoms with Gasteiger partial charge in [-0.25, -0.2) is 8.42 Å². The van der Waals surface area contributed by atoms with E-state index in [0.29, 0.717) is 16.5 Å². The summed E-state index contributed by atoms with van der Waals surface area (Å²) in [6.45, 7) is -2.75. The van der Waals surface area contributed by atoms with Crippen LogP contribution in [0.4, 0.5) is 8.78 Å². The number of hydroxylamine groups is 1. The predicted octanol–water partition coefficient (Wildman–Crippen LogP) is 2.45. The molecule has 8 nitrogen and oxygen atoms in total. The first-order chi connectivity index (χ1) is 14.2. The summed E-state index contributed by atoms with van der Waals surface area (Å²) in [5.41, 5.74) is 0.932. The van der Waals surface area contributed by atoms with Gasteiger partial charge in [0.05, 0.1) is 19.1 Å². The molecule has 2 aromatic carbocycles. The zero-order chi connectivity index (χ0) is 22.3. The highest BCUT2D eigenvalue weighted by Gasteiger charge is 2.21. The Labute approximate surface area is 173 Å². The molecular weight excluding hydrogens is 422 g/mol. The van der Waals surface area contributed by atoms with Crippen molar-refractivity contribution in [2.75, 3.05) is 27.8 Å². The topological polar surface area (TPSA) is 94.2 Å². The number of hydrogen-bond acceptors (Lipinski definition) is 6. The normalized spacial score (nSPS) is 11.6. The number of sulfonamides is 1. The van der Waals surface area contributed by atoms with Gasteiger partial charge in [0, 0.05) is 19.2 Å². The highest BCUT2D eigenvalue weighted by molar-refractivity contribution is 7.89. The molecule has 0 saturated heterocycles. The summed E-state index contributed by atoms with van der Waals surface area (Å²) < 4.78 is 59.4. The van der Waals surface area contributed by atoms with E-state index in [1.807, 2.05) is 0 Å². The third-order valence-corrected chi connectivity index (χ3v) is 5.85. The molecule has 0 aliphatic heterocycles. The number of rotatable bonds is 10. The van der Waals surface area contributed by atoms with Crippen molar-refractivity contribution in [2.45, 2.75) is 17.9 Å². The van der Waals surface area contributed by atoms with Gasteiger partial charge in [-0.05, 0) is 48.4 Å². The minimum atomic E-state index is -3.80. The molecular formula is C19H22F2N2O6S. The highest BCUT2D eigenvalue weighted by atomic mass is 32.2. The molecule has 0 saturated carbocycles. The standard InChI is InChI=1S/C19H22F2N2O6S/c1-23(28-3)30(25,26)15-7-5-14(6-8-15)18(24)22-11-10-13-4-9-16(27-2)17(12-13)29-19(20)21/h4-9,12,19H,10-11H2,1-3H3,(H,22,24). The van der Waals surface area contributed by atoms with Gasteiger partial charge in [-0.1, -0.05) is 10.5 Å².